The van der Waals surface area contributed by atoms with Gasteiger partial charge in [0, 0.05) is 6.07 Å². The summed E-state index contributed by atoms with van der Waals surface area (Å²) in [5.74, 6) is 0.133. The highest BCUT2D eigenvalue weighted by Gasteiger charge is 2.37. The van der Waals surface area contributed by atoms with Crippen molar-refractivity contribution in [1.82, 2.24) is 0 Å². The lowest BCUT2D eigenvalue weighted by molar-refractivity contribution is -0.0517. The number of hydrogen-bond acceptors (Lipinski definition) is 7. The molecule has 0 radical (unpaired) electrons. The van der Waals surface area contributed by atoms with Gasteiger partial charge in [0.15, 0.2) is 25.7 Å². The Morgan fingerprint density at radius 2 is 1.24 bits per heavy atom. The van der Waals surface area contributed by atoms with Crippen LogP contribution in [0.25, 0.3) is 0 Å². The van der Waals surface area contributed by atoms with Gasteiger partial charge in [0.05, 0.1) is 13.3 Å². The first-order valence-corrected chi connectivity index (χ1v) is 15.6. The van der Waals surface area contributed by atoms with E-state index in [2.05, 4.69) is 74.5 Å². The molecule has 2 aromatic carbocycles. The monoisotopic (exact) mass is 602 g/mol. The Morgan fingerprint density at radius 3 is 1.65 bits per heavy atom. The number of thiophene rings is 2. The molecule has 4 aromatic rings. The number of carbonyl (C=O) groups excluding carboxylic acids is 1. The molecule has 0 aliphatic heterocycles. The van der Waals surface area contributed by atoms with E-state index in [9.17, 15) is 18.0 Å². The zero-order chi connectivity index (χ0) is 27.4. The molecule has 0 bridgehead atoms. The Kier molecular flexibility index (Phi) is 9.70. The largest absolute Gasteiger partial charge is 0.741 e. The highest BCUT2D eigenvalue weighted by atomic mass is 32.2. The molecule has 4 nitrogen and oxygen atoms in total. The summed E-state index contributed by atoms with van der Waals surface area (Å²) in [5, 5.41) is 0. The van der Waals surface area contributed by atoms with Crippen LogP contribution in [0.3, 0.4) is 0 Å². The molecule has 0 unspecified atom stereocenters. The van der Waals surface area contributed by atoms with E-state index in [4.69, 9.17) is 13.0 Å². The number of carbonyl (C=O) groups is 1. The third-order valence-corrected chi connectivity index (χ3v) is 11.4. The van der Waals surface area contributed by atoms with Crippen LogP contribution in [0.15, 0.2) is 95.2 Å². The second-order valence-electron chi connectivity index (χ2n) is 7.68. The van der Waals surface area contributed by atoms with Crippen LogP contribution < -0.4 is 0 Å². The van der Waals surface area contributed by atoms with Crippen molar-refractivity contribution in [3.63, 3.8) is 0 Å². The molecule has 2 aromatic heterocycles. The molecule has 0 aliphatic rings. The molecular weight excluding hydrogens is 582 g/mol. The van der Waals surface area contributed by atoms with Gasteiger partial charge in [-0.1, -0.05) is 58.5 Å². The van der Waals surface area contributed by atoms with Gasteiger partial charge in [-0.05, 0) is 63.2 Å². The van der Waals surface area contributed by atoms with E-state index in [0.29, 0.717) is 0 Å². The molecule has 12 heteroatoms. The fourth-order valence-electron chi connectivity index (χ4n) is 2.85. The molecule has 0 amide bonds. The molecule has 196 valence electrons. The molecule has 0 saturated heterocycles. The fourth-order valence-corrected chi connectivity index (χ4v) is 9.09. The Bertz CT molecular complexity index is 1410. The van der Waals surface area contributed by atoms with Gasteiger partial charge < -0.3 is 4.55 Å². The minimum Gasteiger partial charge on any atom is -0.741 e. The lowest BCUT2D eigenvalue weighted by Gasteiger charge is -2.08. The van der Waals surface area contributed by atoms with Gasteiger partial charge in [0.2, 0.25) is 4.21 Å². The van der Waals surface area contributed by atoms with Crippen LogP contribution >= 0.6 is 34.4 Å². The van der Waals surface area contributed by atoms with Gasteiger partial charge in [-0.15, -0.1) is 11.3 Å². The maximum absolute atomic E-state index is 11.6. The summed E-state index contributed by atoms with van der Waals surface area (Å²) in [4.78, 5) is 15.1. The van der Waals surface area contributed by atoms with Crippen molar-refractivity contribution in [2.75, 3.05) is 0 Å². The topological polar surface area (TPSA) is 74.3 Å². The summed E-state index contributed by atoms with van der Waals surface area (Å²) in [6.07, 6.45) is 0. The van der Waals surface area contributed by atoms with Crippen LogP contribution in [-0.4, -0.2) is 24.3 Å². The van der Waals surface area contributed by atoms with E-state index in [1.54, 1.807) is 30.0 Å². The zero-order valence-electron chi connectivity index (χ0n) is 19.7. The maximum atomic E-state index is 11.6. The number of benzene rings is 2. The second kappa shape index (κ2) is 12.2. The van der Waals surface area contributed by atoms with E-state index >= 15 is 0 Å². The van der Waals surface area contributed by atoms with E-state index in [1.807, 2.05) is 23.5 Å². The van der Waals surface area contributed by atoms with E-state index < -0.39 is 15.6 Å². The smallest absolute Gasteiger partial charge is 0.485 e. The Hall–Kier alpha value is -2.09. The number of Topliss-reactive ketones (excluding diaryl/α,β-unsaturated/α-hetero) is 1. The van der Waals surface area contributed by atoms with Crippen LogP contribution in [-0.2, 0) is 21.0 Å². The average molecular weight is 603 g/mol. The first-order valence-electron chi connectivity index (χ1n) is 10.5. The van der Waals surface area contributed by atoms with E-state index in [-0.39, 0.29) is 16.7 Å². The minimum absolute atomic E-state index is 0.116. The molecular formula is C25H21F3O4S5. The van der Waals surface area contributed by atoms with Crippen LogP contribution in [0, 0.1) is 13.8 Å². The molecule has 0 atom stereocenters. The standard InChI is InChI=1S/C24H21OS4.CHF3O3S/c1-16-4-8-19(9-5-16)29(20-10-6-17(2)7-11-20)24-15-14-23(28-24)27-22-13-12-21(26-22)18(3)25;2-1(3,4)8(5,6)7/h4-15H,1-3H3;(H,5,6,7)/q+1;/p-1. The fraction of sp³-hybridized carbons (Fsp3) is 0.160. The van der Waals surface area contributed by atoms with Gasteiger partial charge in [0.1, 0.15) is 10.9 Å². The third-order valence-electron chi connectivity index (χ3n) is 4.68. The van der Waals surface area contributed by atoms with Gasteiger partial charge in [-0.2, -0.15) is 13.2 Å². The summed E-state index contributed by atoms with van der Waals surface area (Å²) in [6.45, 7) is 5.88. The van der Waals surface area contributed by atoms with Crippen molar-refractivity contribution in [3.8, 4) is 0 Å². The van der Waals surface area contributed by atoms with Crippen molar-refractivity contribution in [2.24, 2.45) is 0 Å². The first-order chi connectivity index (χ1) is 17.2. The zero-order valence-corrected chi connectivity index (χ0v) is 23.8. The van der Waals surface area contributed by atoms with Crippen LogP contribution in [0.4, 0.5) is 13.2 Å². The number of hydrogen-bond donors (Lipinski definition) is 0. The first kappa shape index (κ1) is 29.5. The Labute approximate surface area is 228 Å². The molecule has 0 N–H and O–H groups in total. The van der Waals surface area contributed by atoms with Crippen molar-refractivity contribution in [3.05, 3.63) is 88.8 Å². The molecule has 0 aliphatic carbocycles. The molecule has 2 heterocycles. The van der Waals surface area contributed by atoms with Crippen molar-refractivity contribution >= 4 is 61.2 Å². The lowest BCUT2D eigenvalue weighted by atomic mass is 10.2. The van der Waals surface area contributed by atoms with Gasteiger partial charge in [-0.25, -0.2) is 8.42 Å². The maximum Gasteiger partial charge on any atom is 0.485 e. The highest BCUT2D eigenvalue weighted by molar-refractivity contribution is 8.04. The van der Waals surface area contributed by atoms with E-state index in [0.717, 1.165) is 9.09 Å². The number of alkyl halides is 3. The summed E-state index contributed by atoms with van der Waals surface area (Å²) in [5.41, 5.74) is -3.09. The number of halogens is 3. The van der Waals surface area contributed by atoms with Gasteiger partial charge >= 0.3 is 5.51 Å². The molecule has 0 spiro atoms. The third kappa shape index (κ3) is 8.20. The Balaban J connectivity index is 0.000000414. The highest BCUT2D eigenvalue weighted by Crippen LogP contribution is 2.42. The number of ketones is 1. The van der Waals surface area contributed by atoms with E-state index in [1.165, 1.54) is 29.3 Å². The molecule has 37 heavy (non-hydrogen) atoms. The van der Waals surface area contributed by atoms with Crippen LogP contribution in [0.1, 0.15) is 27.7 Å². The molecule has 0 fully saturated rings. The molecule has 0 saturated carbocycles. The van der Waals surface area contributed by atoms with Crippen LogP contribution in [0.2, 0.25) is 0 Å². The number of aryl methyl sites for hydroxylation is 2. The van der Waals surface area contributed by atoms with Crippen molar-refractivity contribution in [1.29, 1.82) is 0 Å². The Morgan fingerprint density at radius 1 is 0.811 bits per heavy atom. The SMILES string of the molecule is CC(=O)c1ccc(Sc2ccc([S+](c3ccc(C)cc3)c3ccc(C)cc3)s2)s1.O=S(=O)([O-])C(F)(F)F. The predicted octanol–water partition coefficient (Wildman–Crippen LogP) is 7.93. The normalized spacial score (nSPS) is 11.8. The van der Waals surface area contributed by atoms with Gasteiger partial charge in [-0.3, -0.25) is 4.79 Å². The van der Waals surface area contributed by atoms with Gasteiger partial charge in [0.25, 0.3) is 0 Å². The average Bonchev–Trinajstić information content (AvgIpc) is 3.46. The summed E-state index contributed by atoms with van der Waals surface area (Å²) in [6, 6.07) is 26.2. The lowest BCUT2D eigenvalue weighted by Crippen LogP contribution is -2.21. The van der Waals surface area contributed by atoms with Crippen molar-refractivity contribution in [2.45, 2.75) is 48.7 Å². The summed E-state index contributed by atoms with van der Waals surface area (Å²) < 4.78 is 62.7. The molecule has 4 rings (SSSR count). The van der Waals surface area contributed by atoms with Crippen LogP contribution in [0.5, 0.6) is 0 Å². The summed E-state index contributed by atoms with van der Waals surface area (Å²) in [7, 11) is -6.21. The minimum atomic E-state index is -6.09. The quantitative estimate of drug-likeness (QED) is 0.0970. The second-order valence-corrected chi connectivity index (χ2v) is 15.1. The number of rotatable bonds is 6. The summed E-state index contributed by atoms with van der Waals surface area (Å²) >= 11 is 5.17. The van der Waals surface area contributed by atoms with Crippen molar-refractivity contribution < 1.29 is 30.9 Å². The predicted molar refractivity (Wildman–Crippen MR) is 143 cm³/mol.